The van der Waals surface area contributed by atoms with E-state index >= 15 is 0 Å². The Labute approximate surface area is 446 Å². The normalized spacial score (nSPS) is 12.7. The van der Waals surface area contributed by atoms with Crippen LogP contribution in [0.15, 0.2) is 267 Å². The Morgan fingerprint density at radius 1 is 0.329 bits per heavy atom. The number of nitrogens with zero attached hydrogens (tertiary/aromatic N) is 2. The molecule has 0 fully saturated rings. The first-order chi connectivity index (χ1) is 37.4. The summed E-state index contributed by atoms with van der Waals surface area (Å²) in [5, 5.41) is 7.51. The van der Waals surface area contributed by atoms with Crippen molar-refractivity contribution < 1.29 is 0 Å². The maximum Gasteiger partial charge on any atom is 0.0541 e. The van der Waals surface area contributed by atoms with Gasteiger partial charge in [-0.25, -0.2) is 0 Å². The SMILES string of the molecule is CC1(C)c2ccccc2-c2cccc(-c3cccc(N(c4cccc(-c5ccccc5)c4)c4cc(-c5ccc6c(c5)sc5ccccc56)cc(-c5ccc6c(c5)c5ccccc5n6-c5cccc6ccccc56)c4)c3)c21. The van der Waals surface area contributed by atoms with E-state index in [0.717, 1.165) is 33.8 Å². The van der Waals surface area contributed by atoms with Crippen LogP contribution in [-0.4, -0.2) is 4.57 Å². The van der Waals surface area contributed by atoms with Gasteiger partial charge >= 0.3 is 0 Å². The number of hydrogen-bond acceptors (Lipinski definition) is 2. The van der Waals surface area contributed by atoms with E-state index in [4.69, 9.17) is 0 Å². The molecule has 2 nitrogen and oxygen atoms in total. The number of fused-ring (bicyclic) bond motifs is 10. The molecule has 0 saturated carbocycles. The number of rotatable bonds is 8. The van der Waals surface area contributed by atoms with Gasteiger partial charge in [-0.15, -0.1) is 11.3 Å². The van der Waals surface area contributed by atoms with E-state index in [1.165, 1.54) is 109 Å². The highest BCUT2D eigenvalue weighted by atomic mass is 32.1. The monoisotopic (exact) mass is 986 g/mol. The van der Waals surface area contributed by atoms with Crippen LogP contribution in [0.3, 0.4) is 0 Å². The zero-order valence-corrected chi connectivity index (χ0v) is 43.0. The quantitative estimate of drug-likeness (QED) is 0.147. The van der Waals surface area contributed by atoms with Crippen molar-refractivity contribution >= 4 is 81.1 Å². The first-order valence-corrected chi connectivity index (χ1v) is 27.1. The summed E-state index contributed by atoms with van der Waals surface area (Å²) in [6.45, 7) is 4.77. The summed E-state index contributed by atoms with van der Waals surface area (Å²) in [4.78, 5) is 2.48. The van der Waals surface area contributed by atoms with Crippen LogP contribution in [0.1, 0.15) is 25.0 Å². The molecule has 15 rings (SSSR count). The van der Waals surface area contributed by atoms with Crippen molar-refractivity contribution in [1.29, 1.82) is 0 Å². The lowest BCUT2D eigenvalue weighted by Gasteiger charge is -2.29. The van der Waals surface area contributed by atoms with Crippen LogP contribution in [0.4, 0.5) is 17.1 Å². The molecule has 2 heterocycles. The molecule has 0 atom stereocenters. The lowest BCUT2D eigenvalue weighted by molar-refractivity contribution is 0.662. The Balaban J connectivity index is 0.963. The molecule has 0 aliphatic heterocycles. The third-order valence-corrected chi connectivity index (χ3v) is 17.2. The van der Waals surface area contributed by atoms with Gasteiger partial charge in [0.1, 0.15) is 0 Å². The topological polar surface area (TPSA) is 8.17 Å². The zero-order valence-electron chi connectivity index (χ0n) is 42.2. The summed E-state index contributed by atoms with van der Waals surface area (Å²) in [6, 6.07) is 99.2. The van der Waals surface area contributed by atoms with Crippen LogP contribution < -0.4 is 4.90 Å². The summed E-state index contributed by atoms with van der Waals surface area (Å²) in [7, 11) is 0. The third kappa shape index (κ3) is 7.08. The third-order valence-electron chi connectivity index (χ3n) is 16.1. The number of anilines is 3. The van der Waals surface area contributed by atoms with E-state index in [0.29, 0.717) is 0 Å². The minimum atomic E-state index is -0.163. The Kier molecular flexibility index (Phi) is 10.1. The Bertz CT molecular complexity index is 4620. The van der Waals surface area contributed by atoms with Gasteiger partial charge in [-0.2, -0.15) is 0 Å². The van der Waals surface area contributed by atoms with Crippen molar-refractivity contribution in [2.24, 2.45) is 0 Å². The number of benzene rings is 12. The number of hydrogen-bond donors (Lipinski definition) is 0. The number of thiophene rings is 1. The smallest absolute Gasteiger partial charge is 0.0541 e. The molecule has 0 spiro atoms. The lowest BCUT2D eigenvalue weighted by Crippen LogP contribution is -2.16. The summed E-state index contributed by atoms with van der Waals surface area (Å²) in [5.74, 6) is 0. The second-order valence-corrected chi connectivity index (χ2v) is 21.9. The van der Waals surface area contributed by atoms with Crippen LogP contribution in [0.25, 0.3) is 114 Å². The summed E-state index contributed by atoms with van der Waals surface area (Å²) in [5.41, 5.74) is 21.5. The maximum atomic E-state index is 2.48. The molecule has 0 amide bonds. The standard InChI is InChI=1S/C73H50N2S/c1-73(2)66-32-11-8-27-60(66)64-31-17-30-59(72(64)73)52-23-15-25-56(42-52)74(55-24-14-22-49(41-55)47-18-4-3-5-19-47)57-43-53(40-54(44-57)51-36-38-63-62-29-10-13-35-70(62)76-71(63)46-51)50-37-39-69-65(45-50)61-28-9-12-33-68(61)75(69)67-34-16-21-48-20-6-7-26-58(48)67/h3-46H,1-2H3. The minimum Gasteiger partial charge on any atom is -0.310 e. The van der Waals surface area contributed by atoms with Crippen LogP contribution >= 0.6 is 11.3 Å². The van der Waals surface area contributed by atoms with Gasteiger partial charge < -0.3 is 9.47 Å². The molecular formula is C73H50N2S. The van der Waals surface area contributed by atoms with Crippen molar-refractivity contribution in [3.8, 4) is 61.3 Å². The molecule has 1 aliphatic rings. The van der Waals surface area contributed by atoms with Gasteiger partial charge in [0, 0.05) is 58.8 Å². The predicted molar refractivity (Wildman–Crippen MR) is 325 cm³/mol. The molecule has 0 saturated heterocycles. The van der Waals surface area contributed by atoms with Crippen molar-refractivity contribution in [2.45, 2.75) is 19.3 Å². The Morgan fingerprint density at radius 3 is 1.75 bits per heavy atom. The molecule has 1 aliphatic carbocycles. The average molecular weight is 987 g/mol. The molecule has 0 radical (unpaired) electrons. The molecule has 76 heavy (non-hydrogen) atoms. The van der Waals surface area contributed by atoms with Crippen LogP contribution in [0, 0.1) is 0 Å². The van der Waals surface area contributed by atoms with Crippen molar-refractivity contribution in [3.05, 3.63) is 278 Å². The fraction of sp³-hybridized carbons (Fsp3) is 0.0411. The van der Waals surface area contributed by atoms with Crippen LogP contribution in [0.2, 0.25) is 0 Å². The highest BCUT2D eigenvalue weighted by molar-refractivity contribution is 7.25. The highest BCUT2D eigenvalue weighted by Crippen LogP contribution is 2.53. The molecule has 12 aromatic carbocycles. The molecule has 0 bridgehead atoms. The van der Waals surface area contributed by atoms with Gasteiger partial charge in [0.2, 0.25) is 0 Å². The van der Waals surface area contributed by atoms with Gasteiger partial charge in [-0.05, 0) is 151 Å². The van der Waals surface area contributed by atoms with E-state index in [9.17, 15) is 0 Å². The van der Waals surface area contributed by atoms with Gasteiger partial charge in [-0.1, -0.05) is 202 Å². The zero-order chi connectivity index (χ0) is 50.5. The molecular weight excluding hydrogens is 937 g/mol. The average Bonchev–Trinajstić information content (AvgIpc) is 4.20. The summed E-state index contributed by atoms with van der Waals surface area (Å²) >= 11 is 1.87. The molecule has 0 unspecified atom stereocenters. The number of para-hydroxylation sites is 1. The molecule has 14 aromatic rings. The van der Waals surface area contributed by atoms with Crippen molar-refractivity contribution in [1.82, 2.24) is 4.57 Å². The molecule has 0 N–H and O–H groups in total. The fourth-order valence-corrected chi connectivity index (χ4v) is 13.7. The first kappa shape index (κ1) is 44.2. The van der Waals surface area contributed by atoms with E-state index in [2.05, 4.69) is 290 Å². The van der Waals surface area contributed by atoms with Gasteiger partial charge in [0.15, 0.2) is 0 Å². The second kappa shape index (κ2) is 17.4. The van der Waals surface area contributed by atoms with Gasteiger partial charge in [0.05, 0.1) is 16.7 Å². The largest absolute Gasteiger partial charge is 0.310 e. The highest BCUT2D eigenvalue weighted by Gasteiger charge is 2.37. The van der Waals surface area contributed by atoms with Crippen molar-refractivity contribution in [3.63, 3.8) is 0 Å². The fourth-order valence-electron chi connectivity index (χ4n) is 12.6. The predicted octanol–water partition coefficient (Wildman–Crippen LogP) is 20.7. The Hall–Kier alpha value is -9.28. The Morgan fingerprint density at radius 2 is 0.895 bits per heavy atom. The van der Waals surface area contributed by atoms with E-state index in [-0.39, 0.29) is 5.41 Å². The minimum absolute atomic E-state index is 0.163. The number of aromatic nitrogens is 1. The summed E-state index contributed by atoms with van der Waals surface area (Å²) < 4.78 is 5.05. The van der Waals surface area contributed by atoms with Crippen molar-refractivity contribution in [2.75, 3.05) is 4.90 Å². The van der Waals surface area contributed by atoms with Crippen LogP contribution in [0.5, 0.6) is 0 Å². The van der Waals surface area contributed by atoms with E-state index < -0.39 is 0 Å². The second-order valence-electron chi connectivity index (χ2n) is 20.9. The lowest BCUT2D eigenvalue weighted by atomic mass is 9.79. The molecule has 358 valence electrons. The first-order valence-electron chi connectivity index (χ1n) is 26.3. The van der Waals surface area contributed by atoms with E-state index in [1.807, 2.05) is 11.3 Å². The van der Waals surface area contributed by atoms with Gasteiger partial charge in [0.25, 0.3) is 0 Å². The molecule has 2 aromatic heterocycles. The van der Waals surface area contributed by atoms with Gasteiger partial charge in [-0.3, -0.25) is 0 Å². The van der Waals surface area contributed by atoms with E-state index in [1.54, 1.807) is 0 Å². The molecule has 3 heteroatoms. The maximum absolute atomic E-state index is 2.48. The van der Waals surface area contributed by atoms with Crippen LogP contribution in [-0.2, 0) is 5.41 Å². The summed E-state index contributed by atoms with van der Waals surface area (Å²) in [6.07, 6.45) is 0.